The molecular formula is C16H26FN3. The van der Waals surface area contributed by atoms with Crippen molar-refractivity contribution in [2.24, 2.45) is 5.73 Å². The first kappa shape index (κ1) is 15.3. The third-order valence-corrected chi connectivity index (χ3v) is 4.27. The number of aryl methyl sites for hydroxylation is 1. The first-order chi connectivity index (χ1) is 9.40. The predicted octanol–water partition coefficient (Wildman–Crippen LogP) is 2.68. The van der Waals surface area contributed by atoms with E-state index in [-0.39, 0.29) is 11.9 Å². The third kappa shape index (κ3) is 3.13. The first-order valence-electron chi connectivity index (χ1n) is 7.37. The average molecular weight is 279 g/mol. The van der Waals surface area contributed by atoms with Gasteiger partial charge in [-0.3, -0.25) is 0 Å². The highest BCUT2D eigenvalue weighted by Gasteiger charge is 2.24. The maximum Gasteiger partial charge on any atom is 0.126 e. The number of benzene rings is 1. The third-order valence-electron chi connectivity index (χ3n) is 4.27. The lowest BCUT2D eigenvalue weighted by Crippen LogP contribution is -2.45. The van der Waals surface area contributed by atoms with Crippen molar-refractivity contribution < 1.29 is 4.39 Å². The molecule has 1 aliphatic rings. The number of anilines is 1. The van der Waals surface area contributed by atoms with Crippen molar-refractivity contribution in [2.45, 2.75) is 38.8 Å². The zero-order valence-electron chi connectivity index (χ0n) is 13.0. The lowest BCUT2D eigenvalue weighted by molar-refractivity contribution is 0.258. The molecule has 1 fully saturated rings. The van der Waals surface area contributed by atoms with Crippen LogP contribution in [0.4, 0.5) is 10.1 Å². The number of rotatable bonds is 3. The van der Waals surface area contributed by atoms with E-state index in [1.165, 1.54) is 6.42 Å². The molecule has 0 spiro atoms. The highest BCUT2D eigenvalue weighted by Crippen LogP contribution is 2.31. The summed E-state index contributed by atoms with van der Waals surface area (Å²) in [5.41, 5.74) is 8.73. The SMILES string of the molecule is Cc1cc(N2CCCC(N(C)C)C2)c([C@@H](C)N)cc1F. The fourth-order valence-corrected chi connectivity index (χ4v) is 2.92. The van der Waals surface area contributed by atoms with E-state index in [1.54, 1.807) is 6.07 Å². The molecule has 2 N–H and O–H groups in total. The normalized spacial score (nSPS) is 21.4. The molecule has 1 unspecified atom stereocenters. The van der Waals surface area contributed by atoms with Crippen molar-refractivity contribution in [1.82, 2.24) is 4.90 Å². The Morgan fingerprint density at radius 3 is 2.70 bits per heavy atom. The molecule has 0 aliphatic carbocycles. The fourth-order valence-electron chi connectivity index (χ4n) is 2.92. The van der Waals surface area contributed by atoms with Crippen LogP contribution in [-0.2, 0) is 0 Å². The summed E-state index contributed by atoms with van der Waals surface area (Å²) in [5, 5.41) is 0. The summed E-state index contributed by atoms with van der Waals surface area (Å²) in [6.45, 7) is 5.74. The van der Waals surface area contributed by atoms with E-state index in [0.717, 1.165) is 30.8 Å². The van der Waals surface area contributed by atoms with E-state index < -0.39 is 0 Å². The minimum Gasteiger partial charge on any atom is -0.370 e. The Hall–Kier alpha value is -1.13. The topological polar surface area (TPSA) is 32.5 Å². The Kier molecular flexibility index (Phi) is 4.66. The van der Waals surface area contributed by atoms with E-state index in [2.05, 4.69) is 23.9 Å². The van der Waals surface area contributed by atoms with Gasteiger partial charge in [-0.05, 0) is 64.0 Å². The molecule has 20 heavy (non-hydrogen) atoms. The first-order valence-corrected chi connectivity index (χ1v) is 7.37. The fraction of sp³-hybridized carbons (Fsp3) is 0.625. The van der Waals surface area contributed by atoms with E-state index in [0.29, 0.717) is 11.6 Å². The second-order valence-electron chi connectivity index (χ2n) is 6.15. The number of hydrogen-bond donors (Lipinski definition) is 1. The summed E-state index contributed by atoms with van der Waals surface area (Å²) in [7, 11) is 4.24. The van der Waals surface area contributed by atoms with Gasteiger partial charge in [0.25, 0.3) is 0 Å². The van der Waals surface area contributed by atoms with E-state index in [1.807, 2.05) is 19.9 Å². The second kappa shape index (κ2) is 6.10. The number of hydrogen-bond acceptors (Lipinski definition) is 3. The Balaban J connectivity index is 2.33. The van der Waals surface area contributed by atoms with Crippen molar-refractivity contribution in [3.63, 3.8) is 0 Å². The van der Waals surface area contributed by atoms with Crippen LogP contribution in [0.1, 0.15) is 36.9 Å². The molecule has 3 nitrogen and oxygen atoms in total. The highest BCUT2D eigenvalue weighted by atomic mass is 19.1. The molecule has 112 valence electrons. The van der Waals surface area contributed by atoms with Gasteiger partial charge in [-0.15, -0.1) is 0 Å². The van der Waals surface area contributed by atoms with Crippen LogP contribution in [-0.4, -0.2) is 38.1 Å². The molecule has 0 saturated carbocycles. The Labute approximate surface area is 121 Å². The van der Waals surface area contributed by atoms with Crippen LogP contribution in [0.3, 0.4) is 0 Å². The molecule has 0 radical (unpaired) electrons. The quantitative estimate of drug-likeness (QED) is 0.923. The van der Waals surface area contributed by atoms with Gasteiger partial charge in [0, 0.05) is 30.9 Å². The second-order valence-corrected chi connectivity index (χ2v) is 6.15. The van der Waals surface area contributed by atoms with Crippen LogP contribution in [0.25, 0.3) is 0 Å². The summed E-state index contributed by atoms with van der Waals surface area (Å²) in [6.07, 6.45) is 2.38. The van der Waals surface area contributed by atoms with Crippen molar-refractivity contribution in [2.75, 3.05) is 32.1 Å². The molecule has 1 aliphatic heterocycles. The van der Waals surface area contributed by atoms with Crippen molar-refractivity contribution in [1.29, 1.82) is 0 Å². The lowest BCUT2D eigenvalue weighted by Gasteiger charge is -2.39. The molecule has 1 heterocycles. The van der Waals surface area contributed by atoms with Gasteiger partial charge in [0.05, 0.1) is 0 Å². The van der Waals surface area contributed by atoms with Gasteiger partial charge >= 0.3 is 0 Å². The summed E-state index contributed by atoms with van der Waals surface area (Å²) >= 11 is 0. The molecule has 1 aromatic rings. The summed E-state index contributed by atoms with van der Waals surface area (Å²) < 4.78 is 13.8. The van der Waals surface area contributed by atoms with E-state index in [9.17, 15) is 4.39 Å². The minimum absolute atomic E-state index is 0.153. The molecule has 0 bridgehead atoms. The Morgan fingerprint density at radius 2 is 2.10 bits per heavy atom. The highest BCUT2D eigenvalue weighted by molar-refractivity contribution is 5.57. The molecule has 0 amide bonds. The number of piperidine rings is 1. The minimum atomic E-state index is -0.165. The summed E-state index contributed by atoms with van der Waals surface area (Å²) in [4.78, 5) is 4.63. The summed E-state index contributed by atoms with van der Waals surface area (Å²) in [6, 6.07) is 3.95. The van der Waals surface area contributed by atoms with Gasteiger partial charge < -0.3 is 15.5 Å². The van der Waals surface area contributed by atoms with Gasteiger partial charge in [0.2, 0.25) is 0 Å². The number of halogens is 1. The zero-order chi connectivity index (χ0) is 14.9. The molecule has 1 saturated heterocycles. The smallest absolute Gasteiger partial charge is 0.126 e. The van der Waals surface area contributed by atoms with Crippen LogP contribution in [0, 0.1) is 12.7 Å². The standard InChI is InChI=1S/C16H26FN3/c1-11-8-16(14(12(2)18)9-15(11)17)20-7-5-6-13(10-20)19(3)4/h8-9,12-13H,5-7,10,18H2,1-4H3/t12-,13?/m1/s1. The van der Waals surface area contributed by atoms with Gasteiger partial charge in [0.15, 0.2) is 0 Å². The maximum absolute atomic E-state index is 13.8. The number of nitrogens with two attached hydrogens (primary N) is 1. The zero-order valence-corrected chi connectivity index (χ0v) is 13.0. The lowest BCUT2D eigenvalue weighted by atomic mass is 9.99. The molecule has 2 rings (SSSR count). The predicted molar refractivity (Wildman–Crippen MR) is 82.7 cm³/mol. The average Bonchev–Trinajstić information content (AvgIpc) is 2.41. The molecule has 4 heteroatoms. The Bertz CT molecular complexity index is 471. The van der Waals surface area contributed by atoms with Crippen LogP contribution >= 0.6 is 0 Å². The van der Waals surface area contributed by atoms with Gasteiger partial charge in [-0.25, -0.2) is 4.39 Å². The van der Waals surface area contributed by atoms with E-state index in [4.69, 9.17) is 5.73 Å². The number of likely N-dealkylation sites (N-methyl/N-ethyl adjacent to an activating group) is 1. The Morgan fingerprint density at radius 1 is 1.40 bits per heavy atom. The van der Waals surface area contributed by atoms with Crippen molar-refractivity contribution in [3.05, 3.63) is 29.1 Å². The maximum atomic E-state index is 13.8. The molecule has 0 aromatic heterocycles. The van der Waals surface area contributed by atoms with Gasteiger partial charge in [-0.1, -0.05) is 0 Å². The largest absolute Gasteiger partial charge is 0.370 e. The van der Waals surface area contributed by atoms with Crippen LogP contribution in [0.2, 0.25) is 0 Å². The molecular weight excluding hydrogens is 253 g/mol. The van der Waals surface area contributed by atoms with Gasteiger partial charge in [0.1, 0.15) is 5.82 Å². The van der Waals surface area contributed by atoms with Crippen LogP contribution < -0.4 is 10.6 Å². The van der Waals surface area contributed by atoms with Crippen LogP contribution in [0.15, 0.2) is 12.1 Å². The van der Waals surface area contributed by atoms with Crippen LogP contribution in [0.5, 0.6) is 0 Å². The monoisotopic (exact) mass is 279 g/mol. The molecule has 1 aromatic carbocycles. The van der Waals surface area contributed by atoms with Gasteiger partial charge in [-0.2, -0.15) is 0 Å². The van der Waals surface area contributed by atoms with E-state index >= 15 is 0 Å². The van der Waals surface area contributed by atoms with Crippen molar-refractivity contribution >= 4 is 5.69 Å². The van der Waals surface area contributed by atoms with Crippen molar-refractivity contribution in [3.8, 4) is 0 Å². The summed E-state index contributed by atoms with van der Waals surface area (Å²) in [5.74, 6) is -0.165. The number of nitrogens with zero attached hydrogens (tertiary/aromatic N) is 2. The molecule has 2 atom stereocenters.